The van der Waals surface area contributed by atoms with Crippen LogP contribution in [-0.4, -0.2) is 6.61 Å². The van der Waals surface area contributed by atoms with E-state index in [1.165, 1.54) is 64.2 Å². The van der Waals surface area contributed by atoms with Gasteiger partial charge < -0.3 is 0 Å². The third kappa shape index (κ3) is 11.9. The van der Waals surface area contributed by atoms with Crippen molar-refractivity contribution in [2.24, 2.45) is 0 Å². The summed E-state index contributed by atoms with van der Waals surface area (Å²) in [5, 5.41) is 0. The Morgan fingerprint density at radius 3 is 1.57 bits per heavy atom. The first-order valence-corrected chi connectivity index (χ1v) is 6.28. The lowest BCUT2D eigenvalue weighted by Gasteiger charge is -2.00. The topological polar surface area (TPSA) is 36.9 Å². The average Bonchev–Trinajstić information content (AvgIpc) is 2.21. The van der Waals surface area contributed by atoms with Gasteiger partial charge in [0.1, 0.15) is 6.61 Å². The Balaban J connectivity index is 2.78. The molecule has 0 aromatic heterocycles. The van der Waals surface area contributed by atoms with E-state index in [1.807, 2.05) is 0 Å². The monoisotopic (exact) mass is 202 g/mol. The summed E-state index contributed by atoms with van der Waals surface area (Å²) >= 11 is 0. The molecule has 0 bridgehead atoms. The minimum absolute atomic E-state index is 0.830. The van der Waals surface area contributed by atoms with Crippen molar-refractivity contribution in [3.63, 3.8) is 0 Å². The van der Waals surface area contributed by atoms with Gasteiger partial charge in [-0.1, -0.05) is 64.7 Å². The third-order valence-electron chi connectivity index (χ3n) is 2.64. The van der Waals surface area contributed by atoms with Crippen LogP contribution < -0.4 is 5.90 Å². The van der Waals surface area contributed by atoms with E-state index in [0.29, 0.717) is 0 Å². The summed E-state index contributed by atoms with van der Waals surface area (Å²) in [6.45, 7) is 3.10. The molecule has 0 saturated carbocycles. The molecule has 0 aromatic rings. The zero-order valence-corrected chi connectivity index (χ0v) is 9.89. The van der Waals surface area contributed by atoms with Crippen LogP contribution in [0, 0.1) is 0 Å². The molecule has 2 heteroatoms. The van der Waals surface area contributed by atoms with Crippen molar-refractivity contribution >= 4 is 0 Å². The molecular formula is C12H28NO+. The van der Waals surface area contributed by atoms with Crippen molar-refractivity contribution in [2.45, 2.75) is 71.1 Å². The predicted molar refractivity (Wildman–Crippen MR) is 60.7 cm³/mol. The van der Waals surface area contributed by atoms with Gasteiger partial charge in [-0.3, -0.25) is 0 Å². The van der Waals surface area contributed by atoms with Crippen LogP contribution in [0.15, 0.2) is 0 Å². The standard InChI is InChI=1S/C12H28NO/c1-2-3-4-5-6-7-8-9-10-11-12-14-13/h2-12H2,1,13H3/q+1. The second-order valence-electron chi connectivity index (χ2n) is 4.09. The lowest BCUT2D eigenvalue weighted by atomic mass is 10.1. The van der Waals surface area contributed by atoms with Gasteiger partial charge in [-0.25, -0.2) is 10.7 Å². The van der Waals surface area contributed by atoms with E-state index >= 15 is 0 Å². The summed E-state index contributed by atoms with van der Waals surface area (Å²) in [5.41, 5.74) is 0. The van der Waals surface area contributed by atoms with E-state index in [1.54, 1.807) is 0 Å². The average molecular weight is 202 g/mol. The Hall–Kier alpha value is -0.0800. The fourth-order valence-corrected chi connectivity index (χ4v) is 1.69. The van der Waals surface area contributed by atoms with Crippen LogP contribution in [0.25, 0.3) is 0 Å². The van der Waals surface area contributed by atoms with Gasteiger partial charge in [0.2, 0.25) is 0 Å². The van der Waals surface area contributed by atoms with Crippen LogP contribution in [0.2, 0.25) is 0 Å². The van der Waals surface area contributed by atoms with Gasteiger partial charge in [-0.15, -0.1) is 0 Å². The summed E-state index contributed by atoms with van der Waals surface area (Å²) in [5.74, 6) is 3.36. The molecule has 0 radical (unpaired) electrons. The van der Waals surface area contributed by atoms with Crippen LogP contribution in [0.1, 0.15) is 71.1 Å². The Labute approximate surface area is 89.2 Å². The summed E-state index contributed by atoms with van der Waals surface area (Å²) in [6, 6.07) is 0. The zero-order chi connectivity index (χ0) is 10.5. The number of quaternary nitrogens is 1. The molecule has 0 aliphatic heterocycles. The Morgan fingerprint density at radius 2 is 1.14 bits per heavy atom. The maximum absolute atomic E-state index is 4.76. The van der Waals surface area contributed by atoms with E-state index in [2.05, 4.69) is 12.8 Å². The highest BCUT2D eigenvalue weighted by molar-refractivity contribution is 4.46. The summed E-state index contributed by atoms with van der Waals surface area (Å²) in [7, 11) is 0. The molecule has 0 spiro atoms. The molecular weight excluding hydrogens is 174 g/mol. The fourth-order valence-electron chi connectivity index (χ4n) is 1.69. The number of hydrogen-bond acceptors (Lipinski definition) is 1. The van der Waals surface area contributed by atoms with Crippen LogP contribution in [0.4, 0.5) is 0 Å². The molecule has 2 nitrogen and oxygen atoms in total. The van der Waals surface area contributed by atoms with Crippen LogP contribution in [0.5, 0.6) is 0 Å². The molecule has 0 fully saturated rings. The third-order valence-corrected chi connectivity index (χ3v) is 2.64. The Morgan fingerprint density at radius 1 is 0.714 bits per heavy atom. The van der Waals surface area contributed by atoms with Crippen LogP contribution >= 0.6 is 0 Å². The first kappa shape index (κ1) is 13.9. The molecule has 0 aliphatic carbocycles. The fraction of sp³-hybridized carbons (Fsp3) is 1.00. The largest absolute Gasteiger partial charge is 0.213 e. The highest BCUT2D eigenvalue weighted by Gasteiger charge is 1.92. The van der Waals surface area contributed by atoms with Gasteiger partial charge >= 0.3 is 0 Å². The lowest BCUT2D eigenvalue weighted by Crippen LogP contribution is -2.49. The highest BCUT2D eigenvalue weighted by atomic mass is 16.6. The molecule has 3 N–H and O–H groups in total. The minimum atomic E-state index is 0.830. The van der Waals surface area contributed by atoms with Gasteiger partial charge in [0, 0.05) is 0 Å². The molecule has 0 atom stereocenters. The maximum Gasteiger partial charge on any atom is 0.106 e. The maximum atomic E-state index is 4.76. The smallest absolute Gasteiger partial charge is 0.106 e. The van der Waals surface area contributed by atoms with Crippen molar-refractivity contribution in [1.29, 1.82) is 0 Å². The van der Waals surface area contributed by atoms with Crippen LogP contribution in [-0.2, 0) is 4.84 Å². The first-order chi connectivity index (χ1) is 6.91. The molecule has 86 valence electrons. The normalized spacial score (nSPS) is 10.7. The molecule has 0 unspecified atom stereocenters. The van der Waals surface area contributed by atoms with E-state index in [9.17, 15) is 0 Å². The van der Waals surface area contributed by atoms with Crippen molar-refractivity contribution in [1.82, 2.24) is 0 Å². The van der Waals surface area contributed by atoms with Crippen molar-refractivity contribution in [3.05, 3.63) is 0 Å². The van der Waals surface area contributed by atoms with Crippen molar-refractivity contribution < 1.29 is 10.7 Å². The first-order valence-electron chi connectivity index (χ1n) is 6.28. The quantitative estimate of drug-likeness (QED) is 0.406. The van der Waals surface area contributed by atoms with Gasteiger partial charge in [-0.2, -0.15) is 0 Å². The highest BCUT2D eigenvalue weighted by Crippen LogP contribution is 2.10. The Bertz CT molecular complexity index is 84.3. The number of rotatable bonds is 11. The number of hydrogen-bond donors (Lipinski definition) is 1. The van der Waals surface area contributed by atoms with E-state index < -0.39 is 0 Å². The molecule has 0 aliphatic rings. The number of unbranched alkanes of at least 4 members (excludes halogenated alkanes) is 9. The van der Waals surface area contributed by atoms with Gasteiger partial charge in [0.15, 0.2) is 0 Å². The van der Waals surface area contributed by atoms with Gasteiger partial charge in [-0.05, 0) is 6.42 Å². The molecule has 0 amide bonds. The molecule has 0 heterocycles. The summed E-state index contributed by atoms with van der Waals surface area (Å²) in [4.78, 5) is 4.76. The zero-order valence-electron chi connectivity index (χ0n) is 9.89. The summed E-state index contributed by atoms with van der Waals surface area (Å²) < 4.78 is 0. The molecule has 0 saturated heterocycles. The van der Waals surface area contributed by atoms with E-state index in [0.717, 1.165) is 6.61 Å². The Kier molecular flexibility index (Phi) is 12.8. The van der Waals surface area contributed by atoms with Crippen molar-refractivity contribution in [2.75, 3.05) is 6.61 Å². The molecule has 0 rings (SSSR count). The molecule has 14 heavy (non-hydrogen) atoms. The van der Waals surface area contributed by atoms with Crippen molar-refractivity contribution in [3.8, 4) is 0 Å². The minimum Gasteiger partial charge on any atom is -0.213 e. The van der Waals surface area contributed by atoms with Crippen LogP contribution in [0.3, 0.4) is 0 Å². The SMILES string of the molecule is CCCCCCCCCCCCO[NH3+]. The van der Waals surface area contributed by atoms with Gasteiger partial charge in [0.25, 0.3) is 0 Å². The van der Waals surface area contributed by atoms with Gasteiger partial charge in [0.05, 0.1) is 0 Å². The second-order valence-corrected chi connectivity index (χ2v) is 4.09. The second kappa shape index (κ2) is 12.9. The van der Waals surface area contributed by atoms with E-state index in [-0.39, 0.29) is 0 Å². The summed E-state index contributed by atoms with van der Waals surface area (Å²) in [6.07, 6.45) is 13.8. The van der Waals surface area contributed by atoms with E-state index in [4.69, 9.17) is 4.84 Å². The molecule has 0 aromatic carbocycles. The predicted octanol–water partition coefficient (Wildman–Crippen LogP) is 3.08. The lowest BCUT2D eigenvalue weighted by molar-refractivity contribution is -0.689.